The Labute approximate surface area is 135 Å². The molecular weight excluding hydrogens is 318 g/mol. The number of nitrogens with zero attached hydrogens (tertiary/aromatic N) is 3. The monoisotopic (exact) mass is 339 g/mol. The summed E-state index contributed by atoms with van der Waals surface area (Å²) in [4.78, 5) is 13.3. The van der Waals surface area contributed by atoms with Crippen LogP contribution in [0.25, 0.3) is 10.2 Å². The van der Waals surface area contributed by atoms with Crippen molar-refractivity contribution in [2.75, 3.05) is 24.0 Å². The Balaban J connectivity index is 2.05. The van der Waals surface area contributed by atoms with E-state index in [1.54, 1.807) is 17.7 Å². The van der Waals surface area contributed by atoms with E-state index in [9.17, 15) is 8.42 Å². The van der Waals surface area contributed by atoms with Crippen LogP contribution in [0.5, 0.6) is 0 Å². The predicted octanol–water partition coefficient (Wildman–Crippen LogP) is 2.44. The standard InChI is InChI=1S/C15H21N3O2S2/c1-10(8-22(3,19)20)18(2)14-13-11-6-4-5-7-12(11)21-15(13)17-9-16-14/h9-10H,4-8H2,1-3H3/t10-/m1/s1. The van der Waals surface area contributed by atoms with E-state index in [1.165, 1.54) is 29.5 Å². The van der Waals surface area contributed by atoms with Crippen molar-refractivity contribution in [3.05, 3.63) is 16.8 Å². The van der Waals surface area contributed by atoms with Crippen molar-refractivity contribution in [3.8, 4) is 0 Å². The van der Waals surface area contributed by atoms with Crippen molar-refractivity contribution < 1.29 is 8.42 Å². The SMILES string of the molecule is C[C@H](CS(C)(=O)=O)N(C)c1ncnc2sc3c(c12)CCCC3. The van der Waals surface area contributed by atoms with E-state index in [4.69, 9.17) is 0 Å². The number of fused-ring (bicyclic) bond motifs is 3. The first-order valence-corrected chi connectivity index (χ1v) is 10.4. The van der Waals surface area contributed by atoms with Crippen molar-refractivity contribution in [1.29, 1.82) is 0 Å². The summed E-state index contributed by atoms with van der Waals surface area (Å²) in [6.45, 7) is 1.92. The first kappa shape index (κ1) is 15.7. The van der Waals surface area contributed by atoms with E-state index in [1.807, 2.05) is 18.9 Å². The van der Waals surface area contributed by atoms with Crippen LogP contribution in [0.3, 0.4) is 0 Å². The van der Waals surface area contributed by atoms with Gasteiger partial charge in [0.2, 0.25) is 0 Å². The second-order valence-electron chi connectivity index (χ2n) is 6.14. The number of anilines is 1. The Morgan fingerprint density at radius 1 is 1.32 bits per heavy atom. The summed E-state index contributed by atoms with van der Waals surface area (Å²) in [5.41, 5.74) is 1.38. The highest BCUT2D eigenvalue weighted by molar-refractivity contribution is 7.90. The van der Waals surface area contributed by atoms with Crippen molar-refractivity contribution in [1.82, 2.24) is 9.97 Å². The number of hydrogen-bond donors (Lipinski definition) is 0. The Hall–Kier alpha value is -1.21. The highest BCUT2D eigenvalue weighted by Crippen LogP contribution is 2.39. The molecule has 0 aromatic carbocycles. The molecule has 120 valence electrons. The second-order valence-corrected chi connectivity index (χ2v) is 9.41. The topological polar surface area (TPSA) is 63.2 Å². The van der Waals surface area contributed by atoms with Crippen LogP contribution in [0.2, 0.25) is 0 Å². The van der Waals surface area contributed by atoms with E-state index < -0.39 is 9.84 Å². The number of thiophene rings is 1. The Morgan fingerprint density at radius 3 is 2.77 bits per heavy atom. The van der Waals surface area contributed by atoms with Crippen molar-refractivity contribution in [2.24, 2.45) is 0 Å². The van der Waals surface area contributed by atoms with Crippen LogP contribution in [-0.4, -0.2) is 43.5 Å². The average Bonchev–Trinajstić information content (AvgIpc) is 2.83. The lowest BCUT2D eigenvalue weighted by atomic mass is 9.97. The lowest BCUT2D eigenvalue weighted by Crippen LogP contribution is -2.35. The van der Waals surface area contributed by atoms with Gasteiger partial charge in [0.05, 0.1) is 11.1 Å². The smallest absolute Gasteiger partial charge is 0.149 e. The minimum absolute atomic E-state index is 0.118. The zero-order valence-electron chi connectivity index (χ0n) is 13.2. The number of hydrogen-bond acceptors (Lipinski definition) is 6. The van der Waals surface area contributed by atoms with Crippen molar-refractivity contribution in [2.45, 2.75) is 38.6 Å². The molecule has 1 atom stereocenters. The van der Waals surface area contributed by atoms with Gasteiger partial charge in [-0.1, -0.05) is 0 Å². The summed E-state index contributed by atoms with van der Waals surface area (Å²) >= 11 is 1.76. The van der Waals surface area contributed by atoms with Gasteiger partial charge in [-0.05, 0) is 38.2 Å². The number of sulfone groups is 1. The molecule has 2 aromatic rings. The second kappa shape index (κ2) is 5.77. The lowest BCUT2D eigenvalue weighted by Gasteiger charge is -2.26. The molecular formula is C15H21N3O2S2. The maximum atomic E-state index is 11.6. The zero-order valence-corrected chi connectivity index (χ0v) is 14.8. The van der Waals surface area contributed by atoms with Crippen LogP contribution in [0.1, 0.15) is 30.2 Å². The molecule has 7 heteroatoms. The molecule has 1 aliphatic carbocycles. The zero-order chi connectivity index (χ0) is 15.9. The van der Waals surface area contributed by atoms with Crippen LogP contribution in [-0.2, 0) is 22.7 Å². The van der Waals surface area contributed by atoms with E-state index >= 15 is 0 Å². The molecule has 0 aliphatic heterocycles. The molecule has 2 aromatic heterocycles. The van der Waals surface area contributed by atoms with E-state index in [0.29, 0.717) is 0 Å². The van der Waals surface area contributed by atoms with Gasteiger partial charge < -0.3 is 4.90 Å². The first-order chi connectivity index (χ1) is 10.4. The van der Waals surface area contributed by atoms with Gasteiger partial charge in [0.15, 0.2) is 0 Å². The average molecular weight is 339 g/mol. The molecule has 3 rings (SSSR count). The minimum Gasteiger partial charge on any atom is -0.355 e. The van der Waals surface area contributed by atoms with Crippen molar-refractivity contribution in [3.63, 3.8) is 0 Å². The molecule has 22 heavy (non-hydrogen) atoms. The van der Waals surface area contributed by atoms with Gasteiger partial charge in [-0.25, -0.2) is 18.4 Å². The van der Waals surface area contributed by atoms with Gasteiger partial charge in [-0.2, -0.15) is 0 Å². The number of aromatic nitrogens is 2. The predicted molar refractivity (Wildman–Crippen MR) is 91.6 cm³/mol. The Morgan fingerprint density at radius 2 is 2.05 bits per heavy atom. The van der Waals surface area contributed by atoms with Crippen LogP contribution in [0.4, 0.5) is 5.82 Å². The van der Waals surface area contributed by atoms with Crippen molar-refractivity contribution >= 4 is 37.2 Å². The maximum absolute atomic E-state index is 11.6. The van der Waals surface area contributed by atoms with Crippen LogP contribution >= 0.6 is 11.3 Å². The normalized spacial score (nSPS) is 16.5. The Kier molecular flexibility index (Phi) is 4.11. The van der Waals surface area contributed by atoms with Crippen LogP contribution in [0, 0.1) is 0 Å². The molecule has 5 nitrogen and oxygen atoms in total. The lowest BCUT2D eigenvalue weighted by molar-refractivity contribution is 0.593. The van der Waals surface area contributed by atoms with Gasteiger partial charge >= 0.3 is 0 Å². The fourth-order valence-electron chi connectivity index (χ4n) is 3.10. The summed E-state index contributed by atoms with van der Waals surface area (Å²) in [6.07, 6.45) is 7.50. The summed E-state index contributed by atoms with van der Waals surface area (Å²) in [5.74, 6) is 0.988. The fraction of sp³-hybridized carbons (Fsp3) is 0.600. The molecule has 0 spiro atoms. The van der Waals surface area contributed by atoms with Gasteiger partial charge in [0, 0.05) is 24.2 Å². The van der Waals surface area contributed by atoms with Gasteiger partial charge in [0.25, 0.3) is 0 Å². The molecule has 0 fully saturated rings. The van der Waals surface area contributed by atoms with E-state index in [0.717, 1.165) is 28.9 Å². The van der Waals surface area contributed by atoms with Gasteiger partial charge in [-0.3, -0.25) is 0 Å². The molecule has 0 N–H and O–H groups in total. The van der Waals surface area contributed by atoms with E-state index in [2.05, 4.69) is 9.97 Å². The molecule has 0 amide bonds. The fourth-order valence-corrected chi connectivity index (χ4v) is 5.42. The molecule has 1 aliphatic rings. The molecule has 0 bridgehead atoms. The van der Waals surface area contributed by atoms with Crippen LogP contribution in [0.15, 0.2) is 6.33 Å². The quantitative estimate of drug-likeness (QED) is 0.856. The van der Waals surface area contributed by atoms with Gasteiger partial charge in [0.1, 0.15) is 26.8 Å². The molecule has 0 unspecified atom stereocenters. The third kappa shape index (κ3) is 2.96. The largest absolute Gasteiger partial charge is 0.355 e. The van der Waals surface area contributed by atoms with Gasteiger partial charge in [-0.15, -0.1) is 11.3 Å². The third-order valence-corrected chi connectivity index (χ3v) is 6.56. The first-order valence-electron chi connectivity index (χ1n) is 7.52. The summed E-state index contributed by atoms with van der Waals surface area (Å²) in [7, 11) is -1.09. The van der Waals surface area contributed by atoms with Crippen LogP contribution < -0.4 is 4.90 Å². The molecule has 2 heterocycles. The number of aryl methyl sites for hydroxylation is 2. The molecule has 0 saturated carbocycles. The highest BCUT2D eigenvalue weighted by Gasteiger charge is 2.24. The maximum Gasteiger partial charge on any atom is 0.149 e. The summed E-state index contributed by atoms with van der Waals surface area (Å²) in [6, 6.07) is -0.118. The number of rotatable bonds is 4. The molecule has 0 saturated heterocycles. The summed E-state index contributed by atoms with van der Waals surface area (Å²) in [5, 5.41) is 1.13. The highest BCUT2D eigenvalue weighted by atomic mass is 32.2. The third-order valence-electron chi connectivity index (χ3n) is 4.27. The Bertz CT molecular complexity index is 798. The molecule has 0 radical (unpaired) electrons. The van der Waals surface area contributed by atoms with E-state index in [-0.39, 0.29) is 11.8 Å². The summed E-state index contributed by atoms with van der Waals surface area (Å²) < 4.78 is 23.1. The minimum atomic E-state index is -3.02.